The first kappa shape index (κ1) is 17.3. The van der Waals surface area contributed by atoms with Gasteiger partial charge in [-0.15, -0.1) is 0 Å². The number of hydrogen-bond acceptors (Lipinski definition) is 2. The maximum Gasteiger partial charge on any atom is 0.242 e. The highest BCUT2D eigenvalue weighted by molar-refractivity contribution is 6.42. The van der Waals surface area contributed by atoms with Crippen LogP contribution in [-0.2, 0) is 11.3 Å². The molecule has 5 heteroatoms. The quantitative estimate of drug-likeness (QED) is 0.823. The molecule has 24 heavy (non-hydrogen) atoms. The van der Waals surface area contributed by atoms with E-state index in [1.54, 1.807) is 6.07 Å². The van der Waals surface area contributed by atoms with Crippen molar-refractivity contribution in [2.45, 2.75) is 31.5 Å². The van der Waals surface area contributed by atoms with Crippen molar-refractivity contribution < 1.29 is 4.79 Å². The summed E-state index contributed by atoms with van der Waals surface area (Å²) in [6.07, 6.45) is 2.13. The van der Waals surface area contributed by atoms with E-state index in [1.807, 2.05) is 54.4 Å². The van der Waals surface area contributed by atoms with Gasteiger partial charge in [-0.05, 0) is 37.1 Å². The number of halogens is 2. The third-order valence-electron chi connectivity index (χ3n) is 4.18. The van der Waals surface area contributed by atoms with E-state index in [9.17, 15) is 4.79 Å². The number of nitrogens with zero attached hydrogens (tertiary/aromatic N) is 1. The number of hydrogen-bond donors (Lipinski definition) is 1. The van der Waals surface area contributed by atoms with E-state index in [0.717, 1.165) is 24.0 Å². The van der Waals surface area contributed by atoms with Crippen LogP contribution in [0, 0.1) is 0 Å². The Morgan fingerprint density at radius 3 is 2.54 bits per heavy atom. The Labute approximate surface area is 152 Å². The minimum absolute atomic E-state index is 0.0318. The van der Waals surface area contributed by atoms with Crippen LogP contribution in [0.25, 0.3) is 0 Å². The van der Waals surface area contributed by atoms with E-state index in [2.05, 4.69) is 5.32 Å². The van der Waals surface area contributed by atoms with Gasteiger partial charge < -0.3 is 5.32 Å². The van der Waals surface area contributed by atoms with Crippen LogP contribution in [-0.4, -0.2) is 23.9 Å². The van der Waals surface area contributed by atoms with Gasteiger partial charge >= 0.3 is 0 Å². The molecule has 0 aromatic heterocycles. The number of benzene rings is 2. The largest absolute Gasteiger partial charge is 0.352 e. The summed E-state index contributed by atoms with van der Waals surface area (Å²) in [5, 5.41) is 4.18. The summed E-state index contributed by atoms with van der Waals surface area (Å²) >= 11 is 12.4. The zero-order valence-corrected chi connectivity index (χ0v) is 15.0. The molecule has 2 aromatic rings. The van der Waals surface area contributed by atoms with Gasteiger partial charge in [-0.2, -0.15) is 0 Å². The van der Waals surface area contributed by atoms with Gasteiger partial charge in [0.2, 0.25) is 5.91 Å². The van der Waals surface area contributed by atoms with Gasteiger partial charge in [0.25, 0.3) is 0 Å². The van der Waals surface area contributed by atoms with Crippen LogP contribution in [0.2, 0.25) is 10.0 Å². The molecule has 1 saturated carbocycles. The van der Waals surface area contributed by atoms with E-state index in [0.29, 0.717) is 22.6 Å². The van der Waals surface area contributed by atoms with E-state index >= 15 is 0 Å². The van der Waals surface area contributed by atoms with Crippen molar-refractivity contribution in [3.63, 3.8) is 0 Å². The highest BCUT2D eigenvalue weighted by Gasteiger charge is 2.30. The number of amides is 1. The topological polar surface area (TPSA) is 32.3 Å². The molecule has 1 N–H and O–H groups in total. The fourth-order valence-electron chi connectivity index (χ4n) is 2.78. The number of likely N-dealkylation sites (N-methyl/N-ethyl adjacent to an activating group) is 1. The predicted molar refractivity (Wildman–Crippen MR) is 98.3 cm³/mol. The normalized spacial score (nSPS) is 15.3. The summed E-state index contributed by atoms with van der Waals surface area (Å²) in [4.78, 5) is 14.8. The summed E-state index contributed by atoms with van der Waals surface area (Å²) in [5.41, 5.74) is 1.88. The van der Waals surface area contributed by atoms with Crippen LogP contribution in [0.4, 0.5) is 0 Å². The molecule has 0 radical (unpaired) electrons. The van der Waals surface area contributed by atoms with Gasteiger partial charge in [-0.1, -0.05) is 65.7 Å². The van der Waals surface area contributed by atoms with Crippen molar-refractivity contribution in [2.24, 2.45) is 0 Å². The van der Waals surface area contributed by atoms with Crippen LogP contribution in [0.15, 0.2) is 48.5 Å². The number of rotatable bonds is 6. The Kier molecular flexibility index (Phi) is 5.44. The average Bonchev–Trinajstić information content (AvgIpc) is 3.37. The number of carbonyl (C=O) groups excluding carboxylic acids is 1. The highest BCUT2D eigenvalue weighted by Crippen LogP contribution is 2.29. The lowest BCUT2D eigenvalue weighted by atomic mass is 10.0. The summed E-state index contributed by atoms with van der Waals surface area (Å²) in [5.74, 6) is 0.0318. The first-order valence-electron chi connectivity index (χ1n) is 8.04. The van der Waals surface area contributed by atoms with Gasteiger partial charge in [-0.25, -0.2) is 0 Å². The molecule has 1 atom stereocenters. The molecule has 1 fully saturated rings. The molecule has 0 heterocycles. The molecule has 126 valence electrons. The first-order chi connectivity index (χ1) is 11.6. The van der Waals surface area contributed by atoms with Crippen LogP contribution in [0.3, 0.4) is 0 Å². The van der Waals surface area contributed by atoms with Gasteiger partial charge in [0, 0.05) is 12.6 Å². The summed E-state index contributed by atoms with van der Waals surface area (Å²) in [6.45, 7) is 0.539. The lowest BCUT2D eigenvalue weighted by Crippen LogP contribution is -2.39. The molecule has 1 aliphatic carbocycles. The fourth-order valence-corrected chi connectivity index (χ4v) is 3.16. The lowest BCUT2D eigenvalue weighted by molar-refractivity contribution is -0.126. The van der Waals surface area contributed by atoms with Crippen molar-refractivity contribution in [1.82, 2.24) is 10.2 Å². The molecule has 0 aliphatic heterocycles. The van der Waals surface area contributed by atoms with Crippen molar-refractivity contribution in [2.75, 3.05) is 7.05 Å². The van der Waals surface area contributed by atoms with E-state index in [1.165, 1.54) is 0 Å². The fraction of sp³-hybridized carbons (Fsp3) is 0.316. The van der Waals surface area contributed by atoms with Crippen LogP contribution in [0.5, 0.6) is 0 Å². The minimum atomic E-state index is -0.359. The molecule has 1 aliphatic rings. The predicted octanol–water partition coefficient (Wildman–Crippen LogP) is 4.45. The Morgan fingerprint density at radius 2 is 1.88 bits per heavy atom. The zero-order chi connectivity index (χ0) is 17.1. The van der Waals surface area contributed by atoms with E-state index < -0.39 is 0 Å². The van der Waals surface area contributed by atoms with E-state index in [4.69, 9.17) is 23.2 Å². The van der Waals surface area contributed by atoms with Gasteiger partial charge in [0.15, 0.2) is 0 Å². The average molecular weight is 363 g/mol. The molecular weight excluding hydrogens is 343 g/mol. The van der Waals surface area contributed by atoms with Crippen LogP contribution >= 0.6 is 23.2 Å². The van der Waals surface area contributed by atoms with Gasteiger partial charge in [0.1, 0.15) is 6.04 Å². The van der Waals surface area contributed by atoms with Crippen LogP contribution < -0.4 is 5.32 Å². The Morgan fingerprint density at radius 1 is 1.17 bits per heavy atom. The monoisotopic (exact) mass is 362 g/mol. The standard InChI is InChI=1S/C19H20Cl2N2O/c1-23(12-14-8-5-9-16(20)17(14)21)18(13-6-3-2-4-7-13)19(24)22-15-10-11-15/h2-9,15,18H,10-12H2,1H3,(H,22,24)/t18-/m0/s1. The van der Waals surface area contributed by atoms with Crippen molar-refractivity contribution in [3.05, 3.63) is 69.7 Å². The molecule has 0 bridgehead atoms. The van der Waals surface area contributed by atoms with E-state index in [-0.39, 0.29) is 11.9 Å². The molecule has 2 aromatic carbocycles. The summed E-state index contributed by atoms with van der Waals surface area (Å²) < 4.78 is 0. The van der Waals surface area contributed by atoms with Crippen molar-refractivity contribution in [3.8, 4) is 0 Å². The Hall–Kier alpha value is -1.55. The second-order valence-corrected chi connectivity index (χ2v) is 7.01. The first-order valence-corrected chi connectivity index (χ1v) is 8.80. The lowest BCUT2D eigenvalue weighted by Gasteiger charge is -2.28. The van der Waals surface area contributed by atoms with Crippen molar-refractivity contribution in [1.29, 1.82) is 0 Å². The van der Waals surface area contributed by atoms with Crippen LogP contribution in [0.1, 0.15) is 30.0 Å². The smallest absolute Gasteiger partial charge is 0.242 e. The number of nitrogens with one attached hydrogen (secondary N) is 1. The van der Waals surface area contributed by atoms with Gasteiger partial charge in [0.05, 0.1) is 10.0 Å². The Balaban J connectivity index is 1.83. The molecule has 0 saturated heterocycles. The molecular formula is C19H20Cl2N2O. The van der Waals surface area contributed by atoms with Gasteiger partial charge in [-0.3, -0.25) is 9.69 Å². The second kappa shape index (κ2) is 7.56. The van der Waals surface area contributed by atoms with Crippen molar-refractivity contribution >= 4 is 29.1 Å². The molecule has 1 amide bonds. The molecule has 0 unspecified atom stereocenters. The third-order valence-corrected chi connectivity index (χ3v) is 5.04. The molecule has 0 spiro atoms. The maximum absolute atomic E-state index is 12.8. The summed E-state index contributed by atoms with van der Waals surface area (Å²) in [7, 11) is 1.93. The highest BCUT2D eigenvalue weighted by atomic mass is 35.5. The number of carbonyl (C=O) groups is 1. The molecule has 3 rings (SSSR count). The maximum atomic E-state index is 12.8. The summed E-state index contributed by atoms with van der Waals surface area (Å²) in [6, 6.07) is 15.4. The molecule has 3 nitrogen and oxygen atoms in total. The third kappa shape index (κ3) is 4.10. The SMILES string of the molecule is CN(Cc1cccc(Cl)c1Cl)[C@H](C(=O)NC1CC1)c1ccccc1. The Bertz CT molecular complexity index is 717. The minimum Gasteiger partial charge on any atom is -0.352 e. The second-order valence-electron chi connectivity index (χ2n) is 6.22. The zero-order valence-electron chi connectivity index (χ0n) is 13.5.